The second-order valence-electron chi connectivity index (χ2n) is 4.91. The van der Waals surface area contributed by atoms with Gasteiger partial charge in [0.05, 0.1) is 0 Å². The fraction of sp³-hybridized carbons (Fsp3) is 0.125. The number of aryl methyl sites for hydroxylation is 1. The van der Waals surface area contributed by atoms with Gasteiger partial charge in [-0.3, -0.25) is 4.79 Å². The van der Waals surface area contributed by atoms with Crippen molar-refractivity contribution in [2.75, 3.05) is 0 Å². The highest BCUT2D eigenvalue weighted by Gasteiger charge is 2.08. The van der Waals surface area contributed by atoms with Crippen molar-refractivity contribution >= 4 is 0 Å². The van der Waals surface area contributed by atoms with Crippen LogP contribution in [-0.2, 0) is 6.54 Å². The van der Waals surface area contributed by atoms with Crippen molar-refractivity contribution in [3.8, 4) is 11.4 Å². The zero-order valence-electron chi connectivity index (χ0n) is 11.5. The Bertz CT molecular complexity index is 818. The van der Waals surface area contributed by atoms with E-state index in [9.17, 15) is 9.18 Å². The molecule has 106 valence electrons. The molecule has 1 aromatic carbocycles. The number of rotatable bonds is 3. The summed E-state index contributed by atoms with van der Waals surface area (Å²) in [6.45, 7) is 2.35. The molecule has 2 heterocycles. The van der Waals surface area contributed by atoms with E-state index in [-0.39, 0.29) is 11.4 Å². The van der Waals surface area contributed by atoms with Gasteiger partial charge < -0.3 is 9.55 Å². The molecule has 5 heteroatoms. The lowest BCUT2D eigenvalue weighted by atomic mass is 10.2. The second kappa shape index (κ2) is 5.36. The predicted octanol–water partition coefficient (Wildman–Crippen LogP) is 2.73. The molecular formula is C16H14FN3O. The molecule has 0 aliphatic rings. The maximum absolute atomic E-state index is 12.9. The monoisotopic (exact) mass is 283 g/mol. The van der Waals surface area contributed by atoms with Crippen LogP contribution in [0.1, 0.15) is 11.1 Å². The van der Waals surface area contributed by atoms with E-state index in [2.05, 4.69) is 9.97 Å². The van der Waals surface area contributed by atoms with Crippen molar-refractivity contribution in [1.29, 1.82) is 0 Å². The van der Waals surface area contributed by atoms with Crippen LogP contribution in [0.2, 0.25) is 0 Å². The highest BCUT2D eigenvalue weighted by molar-refractivity contribution is 5.55. The van der Waals surface area contributed by atoms with Crippen molar-refractivity contribution in [2.45, 2.75) is 13.5 Å². The van der Waals surface area contributed by atoms with E-state index in [1.54, 1.807) is 31.5 Å². The summed E-state index contributed by atoms with van der Waals surface area (Å²) >= 11 is 0. The molecule has 0 bridgehead atoms. The highest BCUT2D eigenvalue weighted by atomic mass is 19.1. The Morgan fingerprint density at radius 1 is 1.29 bits per heavy atom. The summed E-state index contributed by atoms with van der Waals surface area (Å²) < 4.78 is 14.9. The van der Waals surface area contributed by atoms with Gasteiger partial charge in [-0.1, -0.05) is 12.1 Å². The van der Waals surface area contributed by atoms with Gasteiger partial charge in [-0.2, -0.15) is 0 Å². The fourth-order valence-electron chi connectivity index (χ4n) is 2.21. The summed E-state index contributed by atoms with van der Waals surface area (Å²) in [5.41, 5.74) is 2.37. The molecule has 0 radical (unpaired) electrons. The maximum atomic E-state index is 12.9. The van der Waals surface area contributed by atoms with E-state index in [1.807, 2.05) is 16.8 Å². The molecule has 0 unspecified atom stereocenters. The summed E-state index contributed by atoms with van der Waals surface area (Å²) in [6, 6.07) is 8.18. The molecule has 0 saturated heterocycles. The van der Waals surface area contributed by atoms with Crippen LogP contribution in [0, 0.1) is 12.7 Å². The van der Waals surface area contributed by atoms with Crippen molar-refractivity contribution in [2.24, 2.45) is 0 Å². The molecule has 4 nitrogen and oxygen atoms in total. The summed E-state index contributed by atoms with van der Waals surface area (Å²) in [7, 11) is 0. The molecule has 1 N–H and O–H groups in total. The standard InChI is InChI=1S/C16H14FN3O/c1-11-8-13(9-19-16(11)21)15-18-6-7-20(15)10-12-2-4-14(17)5-3-12/h2-9H,10H2,1H3,(H,19,21). The molecule has 2 aromatic heterocycles. The molecule has 3 aromatic rings. The fourth-order valence-corrected chi connectivity index (χ4v) is 2.21. The van der Waals surface area contributed by atoms with Crippen LogP contribution in [-0.4, -0.2) is 14.5 Å². The minimum absolute atomic E-state index is 0.101. The first-order valence-corrected chi connectivity index (χ1v) is 6.59. The van der Waals surface area contributed by atoms with Gasteiger partial charge in [0.1, 0.15) is 11.6 Å². The van der Waals surface area contributed by atoms with Crippen molar-refractivity contribution < 1.29 is 4.39 Å². The van der Waals surface area contributed by atoms with E-state index in [1.165, 1.54) is 12.1 Å². The Labute approximate surface area is 120 Å². The Morgan fingerprint density at radius 2 is 2.05 bits per heavy atom. The summed E-state index contributed by atoms with van der Waals surface area (Å²) in [5, 5.41) is 0. The third kappa shape index (κ3) is 2.76. The van der Waals surface area contributed by atoms with Crippen molar-refractivity contribution in [1.82, 2.24) is 14.5 Å². The maximum Gasteiger partial charge on any atom is 0.250 e. The number of H-pyrrole nitrogens is 1. The number of imidazole rings is 1. The van der Waals surface area contributed by atoms with Crippen LogP contribution in [0.5, 0.6) is 0 Å². The van der Waals surface area contributed by atoms with Gasteiger partial charge in [-0.05, 0) is 30.7 Å². The molecule has 0 amide bonds. The van der Waals surface area contributed by atoms with E-state index < -0.39 is 0 Å². The SMILES string of the molecule is Cc1cc(-c2nccn2Cc2ccc(F)cc2)c[nH]c1=O. The van der Waals surface area contributed by atoms with Gasteiger partial charge in [-0.15, -0.1) is 0 Å². The van der Waals surface area contributed by atoms with Crippen LogP contribution in [0.3, 0.4) is 0 Å². The number of aromatic amines is 1. The minimum atomic E-state index is -0.249. The zero-order chi connectivity index (χ0) is 14.8. The van der Waals surface area contributed by atoms with Crippen molar-refractivity contribution in [3.05, 3.63) is 76.2 Å². The van der Waals surface area contributed by atoms with E-state index >= 15 is 0 Å². The lowest BCUT2D eigenvalue weighted by molar-refractivity contribution is 0.626. The lowest BCUT2D eigenvalue weighted by Gasteiger charge is -2.08. The molecule has 3 rings (SSSR count). The first kappa shape index (κ1) is 13.3. The number of pyridine rings is 1. The first-order valence-electron chi connectivity index (χ1n) is 6.59. The van der Waals surface area contributed by atoms with Gasteiger partial charge in [0.15, 0.2) is 0 Å². The Kier molecular flexibility index (Phi) is 3.39. The third-order valence-corrected chi connectivity index (χ3v) is 3.33. The Hall–Kier alpha value is -2.69. The molecule has 21 heavy (non-hydrogen) atoms. The number of nitrogens with zero attached hydrogens (tertiary/aromatic N) is 2. The number of hydrogen-bond acceptors (Lipinski definition) is 2. The van der Waals surface area contributed by atoms with Crippen molar-refractivity contribution in [3.63, 3.8) is 0 Å². The van der Waals surface area contributed by atoms with E-state index in [4.69, 9.17) is 0 Å². The second-order valence-corrected chi connectivity index (χ2v) is 4.91. The molecular weight excluding hydrogens is 269 g/mol. The predicted molar refractivity (Wildman–Crippen MR) is 78.5 cm³/mol. The largest absolute Gasteiger partial charge is 0.328 e. The molecule has 0 aliphatic heterocycles. The first-order chi connectivity index (χ1) is 10.1. The Balaban J connectivity index is 1.95. The average Bonchev–Trinajstić information content (AvgIpc) is 2.92. The van der Waals surface area contributed by atoms with E-state index in [0.29, 0.717) is 12.1 Å². The normalized spacial score (nSPS) is 10.8. The summed E-state index contributed by atoms with van der Waals surface area (Å²) in [5.74, 6) is 0.513. The summed E-state index contributed by atoms with van der Waals surface area (Å²) in [6.07, 6.45) is 5.22. The number of halogens is 1. The van der Waals surface area contributed by atoms with Crippen LogP contribution < -0.4 is 5.56 Å². The van der Waals surface area contributed by atoms with Crippen LogP contribution in [0.25, 0.3) is 11.4 Å². The van der Waals surface area contributed by atoms with Gasteiger partial charge in [0.2, 0.25) is 0 Å². The number of benzene rings is 1. The topological polar surface area (TPSA) is 50.7 Å². The summed E-state index contributed by atoms with van der Waals surface area (Å²) in [4.78, 5) is 18.5. The highest BCUT2D eigenvalue weighted by Crippen LogP contribution is 2.17. The number of hydrogen-bond donors (Lipinski definition) is 1. The molecule has 0 atom stereocenters. The van der Waals surface area contributed by atoms with Gasteiger partial charge >= 0.3 is 0 Å². The van der Waals surface area contributed by atoms with Crippen LogP contribution >= 0.6 is 0 Å². The smallest absolute Gasteiger partial charge is 0.250 e. The third-order valence-electron chi connectivity index (χ3n) is 3.33. The quantitative estimate of drug-likeness (QED) is 0.803. The molecule has 0 fully saturated rings. The zero-order valence-corrected chi connectivity index (χ0v) is 11.5. The Morgan fingerprint density at radius 3 is 2.76 bits per heavy atom. The molecule has 0 saturated carbocycles. The minimum Gasteiger partial charge on any atom is -0.328 e. The van der Waals surface area contributed by atoms with Gasteiger partial charge in [0.25, 0.3) is 5.56 Å². The van der Waals surface area contributed by atoms with E-state index in [0.717, 1.165) is 17.0 Å². The number of aromatic nitrogens is 3. The number of nitrogens with one attached hydrogen (secondary N) is 1. The van der Waals surface area contributed by atoms with Crippen LogP contribution in [0.4, 0.5) is 4.39 Å². The molecule has 0 aliphatic carbocycles. The van der Waals surface area contributed by atoms with Crippen LogP contribution in [0.15, 0.2) is 53.7 Å². The van der Waals surface area contributed by atoms with Gasteiger partial charge in [0, 0.05) is 36.3 Å². The average molecular weight is 283 g/mol. The van der Waals surface area contributed by atoms with Gasteiger partial charge in [-0.25, -0.2) is 9.37 Å². The lowest BCUT2D eigenvalue weighted by Crippen LogP contribution is -2.09. The molecule has 0 spiro atoms.